The molecule has 1 unspecified atom stereocenters. The second-order valence-corrected chi connectivity index (χ2v) is 7.20. The second-order valence-electron chi connectivity index (χ2n) is 7.20. The van der Waals surface area contributed by atoms with Crippen molar-refractivity contribution in [3.05, 3.63) is 57.4 Å². The molecule has 4 heterocycles. The van der Waals surface area contributed by atoms with E-state index in [2.05, 4.69) is 15.1 Å². The van der Waals surface area contributed by atoms with Gasteiger partial charge in [0.2, 0.25) is 0 Å². The zero-order valence-electron chi connectivity index (χ0n) is 15.7. The molecule has 3 aromatic rings. The van der Waals surface area contributed by atoms with E-state index in [1.807, 2.05) is 0 Å². The highest BCUT2D eigenvalue weighted by atomic mass is 19.4. The molecule has 0 spiro atoms. The normalized spacial score (nSPS) is 17.3. The van der Waals surface area contributed by atoms with Crippen LogP contribution in [0.2, 0.25) is 0 Å². The lowest BCUT2D eigenvalue weighted by Crippen LogP contribution is -2.30. The van der Waals surface area contributed by atoms with Crippen LogP contribution in [0.5, 0.6) is 0 Å². The van der Waals surface area contributed by atoms with Crippen LogP contribution in [-0.4, -0.2) is 43.6 Å². The van der Waals surface area contributed by atoms with E-state index >= 15 is 0 Å². The maximum Gasteiger partial charge on any atom is 0.417 e. The first-order valence-electron chi connectivity index (χ1n) is 9.04. The van der Waals surface area contributed by atoms with Crippen molar-refractivity contribution in [2.45, 2.75) is 25.4 Å². The Bertz CT molecular complexity index is 1160. The van der Waals surface area contributed by atoms with Crippen molar-refractivity contribution in [2.24, 2.45) is 7.05 Å². The standard InChI is InChI=1S/C19H18F3N5O2/c1-10-7-12(19(20,21)22)16-14(24-10)8-13(25-17(16)28)11-4-6-27(9-11)18(29)15-3-5-23-26(15)2/h3,5,7-8,11H,4,6,9H2,1-2H3,(H,25,28). The van der Waals surface area contributed by atoms with Crippen molar-refractivity contribution < 1.29 is 18.0 Å². The summed E-state index contributed by atoms with van der Waals surface area (Å²) in [5.74, 6) is -0.370. The summed E-state index contributed by atoms with van der Waals surface area (Å²) in [6.07, 6.45) is -2.53. The van der Waals surface area contributed by atoms with Gasteiger partial charge in [-0.25, -0.2) is 0 Å². The van der Waals surface area contributed by atoms with Gasteiger partial charge >= 0.3 is 6.18 Å². The number of carbonyl (C=O) groups is 1. The van der Waals surface area contributed by atoms with Gasteiger partial charge in [-0.05, 0) is 31.5 Å². The minimum absolute atomic E-state index is 0.00693. The van der Waals surface area contributed by atoms with E-state index in [0.717, 1.165) is 6.07 Å². The lowest BCUT2D eigenvalue weighted by molar-refractivity contribution is -0.136. The molecule has 0 aromatic carbocycles. The molecule has 152 valence electrons. The molecule has 29 heavy (non-hydrogen) atoms. The minimum atomic E-state index is -4.65. The van der Waals surface area contributed by atoms with Crippen LogP contribution in [-0.2, 0) is 13.2 Å². The van der Waals surface area contributed by atoms with Crippen LogP contribution in [0.15, 0.2) is 29.2 Å². The number of H-pyrrole nitrogens is 1. The summed E-state index contributed by atoms with van der Waals surface area (Å²) in [6, 6.07) is 3.99. The van der Waals surface area contributed by atoms with Crippen LogP contribution < -0.4 is 5.56 Å². The number of aromatic amines is 1. The number of hydrogen-bond donors (Lipinski definition) is 1. The summed E-state index contributed by atoms with van der Waals surface area (Å²) in [5, 5.41) is 3.52. The highest BCUT2D eigenvalue weighted by molar-refractivity contribution is 5.92. The fraction of sp³-hybridized carbons (Fsp3) is 0.368. The van der Waals surface area contributed by atoms with E-state index in [9.17, 15) is 22.8 Å². The van der Waals surface area contributed by atoms with Gasteiger partial charge in [0.15, 0.2) is 0 Å². The molecule has 4 rings (SSSR count). The van der Waals surface area contributed by atoms with E-state index in [1.54, 1.807) is 18.0 Å². The maximum absolute atomic E-state index is 13.4. The SMILES string of the molecule is Cc1cc(C(F)(F)F)c2c(=O)[nH]c(C3CCN(C(=O)c4ccnn4C)C3)cc2n1. The van der Waals surface area contributed by atoms with Crippen molar-refractivity contribution in [3.63, 3.8) is 0 Å². The molecule has 1 aliphatic heterocycles. The van der Waals surface area contributed by atoms with Crippen LogP contribution in [0, 0.1) is 6.92 Å². The Hall–Kier alpha value is -3.17. The monoisotopic (exact) mass is 405 g/mol. The van der Waals surface area contributed by atoms with Crippen molar-refractivity contribution in [2.75, 3.05) is 13.1 Å². The molecule has 0 saturated carbocycles. The van der Waals surface area contributed by atoms with E-state index < -0.39 is 22.7 Å². The first kappa shape index (κ1) is 19.2. The third-order valence-corrected chi connectivity index (χ3v) is 5.21. The van der Waals surface area contributed by atoms with Gasteiger partial charge in [0.1, 0.15) is 5.69 Å². The Morgan fingerprint density at radius 2 is 2.07 bits per heavy atom. The molecule has 1 fully saturated rings. The third-order valence-electron chi connectivity index (χ3n) is 5.21. The van der Waals surface area contributed by atoms with Crippen LogP contribution in [0.25, 0.3) is 10.9 Å². The molecular weight excluding hydrogens is 387 g/mol. The predicted molar refractivity (Wildman–Crippen MR) is 98.6 cm³/mol. The summed E-state index contributed by atoms with van der Waals surface area (Å²) >= 11 is 0. The summed E-state index contributed by atoms with van der Waals surface area (Å²) < 4.78 is 41.5. The second kappa shape index (κ2) is 6.71. The molecular formula is C19H18F3N5O2. The quantitative estimate of drug-likeness (QED) is 0.711. The number of likely N-dealkylation sites (tertiary alicyclic amines) is 1. The lowest BCUT2D eigenvalue weighted by Gasteiger charge is -2.17. The number of nitrogens with zero attached hydrogens (tertiary/aromatic N) is 4. The molecule has 1 saturated heterocycles. The van der Waals surface area contributed by atoms with E-state index in [1.165, 1.54) is 23.9 Å². The number of hydrogen-bond acceptors (Lipinski definition) is 4. The number of rotatable bonds is 2. The summed E-state index contributed by atoms with van der Waals surface area (Å²) in [5.41, 5.74) is -0.701. The topological polar surface area (TPSA) is 83.9 Å². The number of fused-ring (bicyclic) bond motifs is 1. The molecule has 1 amide bonds. The van der Waals surface area contributed by atoms with Gasteiger partial charge in [0, 0.05) is 43.6 Å². The molecule has 10 heteroatoms. The number of halogens is 3. The van der Waals surface area contributed by atoms with E-state index in [0.29, 0.717) is 30.9 Å². The molecule has 3 aromatic heterocycles. The Morgan fingerprint density at radius 3 is 2.72 bits per heavy atom. The number of aromatic nitrogens is 4. The smallest absolute Gasteiger partial charge is 0.337 e. The Morgan fingerprint density at radius 1 is 1.31 bits per heavy atom. The zero-order valence-corrected chi connectivity index (χ0v) is 15.7. The average Bonchev–Trinajstić information content (AvgIpc) is 3.28. The molecule has 0 aliphatic carbocycles. The molecule has 7 nitrogen and oxygen atoms in total. The third kappa shape index (κ3) is 3.39. The van der Waals surface area contributed by atoms with Crippen LogP contribution in [0.4, 0.5) is 13.2 Å². The van der Waals surface area contributed by atoms with Gasteiger partial charge in [0.05, 0.1) is 16.5 Å². The zero-order chi connectivity index (χ0) is 20.9. The van der Waals surface area contributed by atoms with Gasteiger partial charge < -0.3 is 9.88 Å². The number of alkyl halides is 3. The summed E-state index contributed by atoms with van der Waals surface area (Å²) in [4.78, 5) is 33.5. The molecule has 0 radical (unpaired) electrons. The number of amides is 1. The predicted octanol–water partition coefficient (Wildman–Crippen LogP) is 2.61. The van der Waals surface area contributed by atoms with Gasteiger partial charge in [-0.15, -0.1) is 0 Å². The maximum atomic E-state index is 13.4. The van der Waals surface area contributed by atoms with Gasteiger partial charge in [-0.2, -0.15) is 18.3 Å². The van der Waals surface area contributed by atoms with Gasteiger partial charge in [-0.1, -0.05) is 0 Å². The van der Waals surface area contributed by atoms with Crippen LogP contribution >= 0.6 is 0 Å². The first-order chi connectivity index (χ1) is 13.6. The van der Waals surface area contributed by atoms with Gasteiger partial charge in [-0.3, -0.25) is 19.3 Å². The number of carbonyl (C=O) groups excluding carboxylic acids is 1. The lowest BCUT2D eigenvalue weighted by atomic mass is 10.0. The highest BCUT2D eigenvalue weighted by Gasteiger charge is 2.35. The van der Waals surface area contributed by atoms with Crippen molar-refractivity contribution in [1.82, 2.24) is 24.6 Å². The van der Waals surface area contributed by atoms with Gasteiger partial charge in [0.25, 0.3) is 11.5 Å². The Balaban J connectivity index is 1.68. The molecule has 0 bridgehead atoms. The Labute approximate surface area is 163 Å². The van der Waals surface area contributed by atoms with E-state index in [-0.39, 0.29) is 23.0 Å². The van der Waals surface area contributed by atoms with Crippen molar-refractivity contribution in [3.8, 4) is 0 Å². The Kier molecular flexibility index (Phi) is 4.44. The average molecular weight is 405 g/mol. The number of nitrogens with one attached hydrogen (secondary N) is 1. The summed E-state index contributed by atoms with van der Waals surface area (Å²) in [7, 11) is 1.67. The van der Waals surface area contributed by atoms with Crippen LogP contribution in [0.1, 0.15) is 39.8 Å². The number of pyridine rings is 2. The van der Waals surface area contributed by atoms with E-state index in [4.69, 9.17) is 0 Å². The largest absolute Gasteiger partial charge is 0.417 e. The summed E-state index contributed by atoms with van der Waals surface area (Å²) in [6.45, 7) is 2.28. The molecule has 1 atom stereocenters. The number of aryl methyl sites for hydroxylation is 2. The van der Waals surface area contributed by atoms with Crippen molar-refractivity contribution >= 4 is 16.8 Å². The molecule has 1 aliphatic rings. The molecule has 1 N–H and O–H groups in total. The fourth-order valence-electron chi connectivity index (χ4n) is 3.81. The highest BCUT2D eigenvalue weighted by Crippen LogP contribution is 2.34. The first-order valence-corrected chi connectivity index (χ1v) is 9.04. The van der Waals surface area contributed by atoms with Crippen molar-refractivity contribution in [1.29, 1.82) is 0 Å². The van der Waals surface area contributed by atoms with Crippen LogP contribution in [0.3, 0.4) is 0 Å². The minimum Gasteiger partial charge on any atom is -0.337 e. The fourth-order valence-corrected chi connectivity index (χ4v) is 3.81.